The smallest absolute Gasteiger partial charge is 0.242 e. The highest BCUT2D eigenvalue weighted by atomic mass is 35.5. The number of rotatable bonds is 9. The lowest BCUT2D eigenvalue weighted by atomic mass is 10.2. The van der Waals surface area contributed by atoms with E-state index >= 15 is 0 Å². The minimum Gasteiger partial charge on any atom is -0.313 e. The Morgan fingerprint density at radius 3 is 2.55 bits per heavy atom. The van der Waals surface area contributed by atoms with Gasteiger partial charge >= 0.3 is 0 Å². The van der Waals surface area contributed by atoms with Crippen LogP contribution in [0.15, 0.2) is 23.1 Å². The van der Waals surface area contributed by atoms with Crippen molar-refractivity contribution in [2.24, 2.45) is 0 Å². The van der Waals surface area contributed by atoms with E-state index in [-0.39, 0.29) is 9.92 Å². The molecule has 2 N–H and O–H groups in total. The van der Waals surface area contributed by atoms with Gasteiger partial charge in [-0.15, -0.1) is 0 Å². The molecule has 0 unspecified atom stereocenters. The van der Waals surface area contributed by atoms with Crippen molar-refractivity contribution in [3.05, 3.63) is 28.8 Å². The molecule has 0 amide bonds. The molecule has 1 aromatic rings. The Hall–Kier alpha value is -0.620. The van der Waals surface area contributed by atoms with E-state index in [2.05, 4.69) is 17.0 Å². The second kappa shape index (κ2) is 8.62. The molecule has 0 spiro atoms. The molecule has 0 aliphatic rings. The Labute approximate surface area is 127 Å². The van der Waals surface area contributed by atoms with E-state index in [1.54, 1.807) is 12.1 Å². The fourth-order valence-corrected chi connectivity index (χ4v) is 3.36. The molecule has 0 aromatic heterocycles. The van der Waals surface area contributed by atoms with Gasteiger partial charge in [-0.05, 0) is 37.1 Å². The van der Waals surface area contributed by atoms with Gasteiger partial charge in [-0.2, -0.15) is 0 Å². The van der Waals surface area contributed by atoms with Crippen molar-refractivity contribution in [2.45, 2.75) is 44.6 Å². The van der Waals surface area contributed by atoms with Crippen molar-refractivity contribution in [3.63, 3.8) is 0 Å². The van der Waals surface area contributed by atoms with Crippen LogP contribution in [0.4, 0.5) is 0 Å². The van der Waals surface area contributed by atoms with Crippen molar-refractivity contribution in [3.8, 4) is 0 Å². The second-order valence-corrected chi connectivity index (χ2v) is 6.84. The lowest BCUT2D eigenvalue weighted by molar-refractivity contribution is 0.578. The number of halogens is 1. The maximum atomic E-state index is 12.2. The standard InChI is InChI=1S/C14H23ClN2O2S/c1-3-5-9-17-20(18,19)14-10-12(6-7-13(14)15)11-16-8-4-2/h6-7,10,16-17H,3-5,8-9,11H2,1-2H3. The molecule has 4 nitrogen and oxygen atoms in total. The summed E-state index contributed by atoms with van der Waals surface area (Å²) in [6.07, 6.45) is 2.79. The number of hydrogen-bond acceptors (Lipinski definition) is 3. The summed E-state index contributed by atoms with van der Waals surface area (Å²) >= 11 is 6.02. The van der Waals surface area contributed by atoms with Gasteiger partial charge in [-0.25, -0.2) is 13.1 Å². The first-order chi connectivity index (χ1) is 9.51. The summed E-state index contributed by atoms with van der Waals surface area (Å²) in [5.41, 5.74) is 0.915. The molecule has 1 rings (SSSR count). The highest BCUT2D eigenvalue weighted by Gasteiger charge is 2.17. The quantitative estimate of drug-likeness (QED) is 0.688. The van der Waals surface area contributed by atoms with E-state index < -0.39 is 10.0 Å². The van der Waals surface area contributed by atoms with Crippen LogP contribution in [-0.2, 0) is 16.6 Å². The van der Waals surface area contributed by atoms with E-state index in [1.807, 2.05) is 13.0 Å². The molecule has 0 saturated heterocycles. The Balaban J connectivity index is 2.84. The van der Waals surface area contributed by atoms with E-state index in [0.29, 0.717) is 13.1 Å². The summed E-state index contributed by atoms with van der Waals surface area (Å²) in [6, 6.07) is 5.12. The first kappa shape index (κ1) is 17.4. The van der Waals surface area contributed by atoms with Crippen molar-refractivity contribution < 1.29 is 8.42 Å². The van der Waals surface area contributed by atoms with E-state index in [9.17, 15) is 8.42 Å². The summed E-state index contributed by atoms with van der Waals surface area (Å²) in [7, 11) is -3.53. The Morgan fingerprint density at radius 1 is 1.15 bits per heavy atom. The van der Waals surface area contributed by atoms with Gasteiger partial charge in [0.25, 0.3) is 0 Å². The van der Waals surface area contributed by atoms with Crippen molar-refractivity contribution in [2.75, 3.05) is 13.1 Å². The molecule has 1 aromatic carbocycles. The topological polar surface area (TPSA) is 58.2 Å². The highest BCUT2D eigenvalue weighted by molar-refractivity contribution is 7.89. The van der Waals surface area contributed by atoms with Gasteiger partial charge in [0.2, 0.25) is 10.0 Å². The third kappa shape index (κ3) is 5.40. The molecule has 0 bridgehead atoms. The van der Waals surface area contributed by atoms with Crippen molar-refractivity contribution >= 4 is 21.6 Å². The molecule has 6 heteroatoms. The number of hydrogen-bond donors (Lipinski definition) is 2. The van der Waals surface area contributed by atoms with Crippen LogP contribution in [0.5, 0.6) is 0 Å². The largest absolute Gasteiger partial charge is 0.313 e. The van der Waals surface area contributed by atoms with Gasteiger partial charge < -0.3 is 5.32 Å². The maximum Gasteiger partial charge on any atom is 0.242 e. The minimum atomic E-state index is -3.53. The van der Waals surface area contributed by atoms with Gasteiger partial charge in [0.05, 0.1) is 5.02 Å². The normalized spacial score (nSPS) is 11.8. The van der Waals surface area contributed by atoms with Crippen LogP contribution < -0.4 is 10.0 Å². The van der Waals surface area contributed by atoms with Gasteiger partial charge in [0, 0.05) is 13.1 Å². The average Bonchev–Trinajstić information content (AvgIpc) is 2.41. The third-order valence-electron chi connectivity index (χ3n) is 2.86. The SMILES string of the molecule is CCCCNS(=O)(=O)c1cc(CNCCC)ccc1Cl. The number of nitrogens with one attached hydrogen (secondary N) is 2. The monoisotopic (exact) mass is 318 g/mol. The van der Waals surface area contributed by atoms with Crippen LogP contribution in [-0.4, -0.2) is 21.5 Å². The first-order valence-corrected chi connectivity index (χ1v) is 8.86. The second-order valence-electron chi connectivity index (χ2n) is 4.69. The molecule has 20 heavy (non-hydrogen) atoms. The van der Waals surface area contributed by atoms with Crippen LogP contribution in [0, 0.1) is 0 Å². The van der Waals surface area contributed by atoms with Gasteiger partial charge in [0.15, 0.2) is 0 Å². The van der Waals surface area contributed by atoms with Crippen molar-refractivity contribution in [1.29, 1.82) is 0 Å². The van der Waals surface area contributed by atoms with Gasteiger partial charge in [-0.1, -0.05) is 37.9 Å². The maximum absolute atomic E-state index is 12.2. The fraction of sp³-hybridized carbons (Fsp3) is 0.571. The predicted octanol–water partition coefficient (Wildman–Crippen LogP) is 2.92. The summed E-state index contributed by atoms with van der Waals surface area (Å²) in [6.45, 7) is 6.08. The van der Waals surface area contributed by atoms with E-state index in [4.69, 9.17) is 11.6 Å². The summed E-state index contributed by atoms with van der Waals surface area (Å²) in [5.74, 6) is 0. The van der Waals surface area contributed by atoms with Crippen LogP contribution in [0.3, 0.4) is 0 Å². The van der Waals surface area contributed by atoms with Crippen LogP contribution in [0.1, 0.15) is 38.7 Å². The van der Waals surface area contributed by atoms with Crippen LogP contribution in [0.25, 0.3) is 0 Å². The summed E-state index contributed by atoms with van der Waals surface area (Å²) in [4.78, 5) is 0.158. The molecular formula is C14H23ClN2O2S. The third-order valence-corrected chi connectivity index (χ3v) is 4.81. The van der Waals surface area contributed by atoms with Gasteiger partial charge in [-0.3, -0.25) is 0 Å². The minimum absolute atomic E-state index is 0.158. The van der Waals surface area contributed by atoms with E-state index in [1.165, 1.54) is 0 Å². The molecule has 0 heterocycles. The lowest BCUT2D eigenvalue weighted by Gasteiger charge is -2.10. The van der Waals surface area contributed by atoms with Crippen LogP contribution >= 0.6 is 11.6 Å². The zero-order valence-electron chi connectivity index (χ0n) is 12.1. The predicted molar refractivity (Wildman–Crippen MR) is 83.5 cm³/mol. The molecule has 0 atom stereocenters. The molecular weight excluding hydrogens is 296 g/mol. The zero-order valence-corrected chi connectivity index (χ0v) is 13.6. The molecule has 0 radical (unpaired) electrons. The number of benzene rings is 1. The molecule has 0 fully saturated rings. The number of sulfonamides is 1. The average molecular weight is 319 g/mol. The Kier molecular flexibility index (Phi) is 7.51. The molecule has 114 valence electrons. The molecule has 0 saturated carbocycles. The van der Waals surface area contributed by atoms with Crippen LogP contribution in [0.2, 0.25) is 5.02 Å². The highest BCUT2D eigenvalue weighted by Crippen LogP contribution is 2.22. The zero-order chi connectivity index (χ0) is 15.0. The molecule has 0 aliphatic heterocycles. The molecule has 0 aliphatic carbocycles. The lowest BCUT2D eigenvalue weighted by Crippen LogP contribution is -2.25. The summed E-state index contributed by atoms with van der Waals surface area (Å²) in [5, 5.41) is 3.50. The van der Waals surface area contributed by atoms with E-state index in [0.717, 1.165) is 31.4 Å². The first-order valence-electron chi connectivity index (χ1n) is 7.00. The van der Waals surface area contributed by atoms with Gasteiger partial charge in [0.1, 0.15) is 4.90 Å². The summed E-state index contributed by atoms with van der Waals surface area (Å²) < 4.78 is 27.0. The van der Waals surface area contributed by atoms with Crippen molar-refractivity contribution in [1.82, 2.24) is 10.0 Å². The number of unbranched alkanes of at least 4 members (excludes halogenated alkanes) is 1. The Bertz CT molecular complexity index is 518. The Morgan fingerprint density at radius 2 is 1.90 bits per heavy atom. The fourth-order valence-electron chi connectivity index (χ4n) is 1.73.